The maximum Gasteiger partial charge on any atom is 0.338 e. The van der Waals surface area contributed by atoms with Crippen molar-refractivity contribution >= 4 is 11.9 Å². The first-order valence-corrected chi connectivity index (χ1v) is 6.12. The van der Waals surface area contributed by atoms with Gasteiger partial charge in [0, 0.05) is 6.42 Å². The molecule has 0 amide bonds. The van der Waals surface area contributed by atoms with E-state index in [9.17, 15) is 14.0 Å². The van der Waals surface area contributed by atoms with Crippen LogP contribution in [0.2, 0.25) is 0 Å². The third kappa shape index (κ3) is 11.1. The molecule has 0 aliphatic carbocycles. The maximum atomic E-state index is 12.6. The second-order valence-electron chi connectivity index (χ2n) is 4.21. The van der Waals surface area contributed by atoms with Crippen LogP contribution in [0.25, 0.3) is 0 Å². The summed E-state index contributed by atoms with van der Waals surface area (Å²) in [5, 5.41) is 16.7. The molecule has 0 bridgehead atoms. The Kier molecular flexibility index (Phi) is 9.38. The highest BCUT2D eigenvalue weighted by Gasteiger charge is 2.13. The predicted octanol–water partition coefficient (Wildman–Crippen LogP) is 3.00. The minimum atomic E-state index is -1.73. The lowest BCUT2D eigenvalue weighted by Crippen LogP contribution is -2.13. The van der Waals surface area contributed by atoms with E-state index in [1.165, 1.54) is 0 Å². The molecule has 1 unspecified atom stereocenters. The lowest BCUT2D eigenvalue weighted by Gasteiger charge is -2.03. The first-order chi connectivity index (χ1) is 8.04. The van der Waals surface area contributed by atoms with Crippen LogP contribution in [0.15, 0.2) is 0 Å². The highest BCUT2D eigenvalue weighted by atomic mass is 19.1. The van der Waals surface area contributed by atoms with E-state index >= 15 is 0 Å². The minimum Gasteiger partial charge on any atom is -0.481 e. The summed E-state index contributed by atoms with van der Waals surface area (Å²) in [6.45, 7) is 0. The van der Waals surface area contributed by atoms with Gasteiger partial charge in [-0.05, 0) is 19.3 Å². The van der Waals surface area contributed by atoms with Crippen molar-refractivity contribution in [1.82, 2.24) is 0 Å². The first kappa shape index (κ1) is 15.9. The van der Waals surface area contributed by atoms with Gasteiger partial charge in [-0.1, -0.05) is 32.1 Å². The Morgan fingerprint density at radius 3 is 1.82 bits per heavy atom. The lowest BCUT2D eigenvalue weighted by atomic mass is 10.1. The largest absolute Gasteiger partial charge is 0.481 e. The summed E-state index contributed by atoms with van der Waals surface area (Å²) in [5.41, 5.74) is 0. The van der Waals surface area contributed by atoms with Crippen molar-refractivity contribution in [2.24, 2.45) is 0 Å². The molecule has 17 heavy (non-hydrogen) atoms. The SMILES string of the molecule is O=C(O)CCCCCCCCCC(F)C(=O)O. The van der Waals surface area contributed by atoms with Gasteiger partial charge in [-0.2, -0.15) is 0 Å². The molecule has 1 atom stereocenters. The molecule has 0 heterocycles. The second kappa shape index (κ2) is 10.1. The molecule has 0 aromatic carbocycles. The number of rotatable bonds is 11. The molecule has 2 N–H and O–H groups in total. The zero-order valence-corrected chi connectivity index (χ0v) is 10.0. The van der Waals surface area contributed by atoms with E-state index in [0.717, 1.165) is 32.1 Å². The van der Waals surface area contributed by atoms with Crippen LogP contribution < -0.4 is 0 Å². The van der Waals surface area contributed by atoms with E-state index in [2.05, 4.69) is 0 Å². The lowest BCUT2D eigenvalue weighted by molar-refractivity contribution is -0.143. The van der Waals surface area contributed by atoms with Crippen molar-refractivity contribution < 1.29 is 24.2 Å². The van der Waals surface area contributed by atoms with E-state index < -0.39 is 18.1 Å². The van der Waals surface area contributed by atoms with Crippen LogP contribution in [0.1, 0.15) is 57.8 Å². The van der Waals surface area contributed by atoms with Crippen molar-refractivity contribution in [3.8, 4) is 0 Å². The molecule has 0 aliphatic rings. The Labute approximate surface area is 101 Å². The van der Waals surface area contributed by atoms with Gasteiger partial charge in [-0.25, -0.2) is 9.18 Å². The Bertz CT molecular complexity index is 231. The average Bonchev–Trinajstić information content (AvgIpc) is 2.25. The number of halogens is 1. The second-order valence-corrected chi connectivity index (χ2v) is 4.21. The molecule has 0 rings (SSSR count). The number of hydrogen-bond acceptors (Lipinski definition) is 2. The van der Waals surface area contributed by atoms with E-state index in [4.69, 9.17) is 10.2 Å². The molecule has 5 heteroatoms. The standard InChI is InChI=1S/C12H21FO4/c13-10(12(16)17)8-6-4-2-1-3-5-7-9-11(14)15/h10H,1-9H2,(H,14,15)(H,16,17). The maximum absolute atomic E-state index is 12.6. The van der Waals surface area contributed by atoms with Crippen molar-refractivity contribution in [2.45, 2.75) is 64.0 Å². The summed E-state index contributed by atoms with van der Waals surface area (Å²) >= 11 is 0. The monoisotopic (exact) mass is 248 g/mol. The van der Waals surface area contributed by atoms with E-state index in [0.29, 0.717) is 12.8 Å². The highest BCUT2D eigenvalue weighted by Crippen LogP contribution is 2.11. The molecule has 0 aromatic heterocycles. The van der Waals surface area contributed by atoms with Gasteiger partial charge in [0.2, 0.25) is 0 Å². The van der Waals surface area contributed by atoms with Gasteiger partial charge in [-0.3, -0.25) is 4.79 Å². The molecule has 0 spiro atoms. The molecule has 0 saturated heterocycles. The van der Waals surface area contributed by atoms with Crippen LogP contribution in [-0.4, -0.2) is 28.3 Å². The fraction of sp³-hybridized carbons (Fsp3) is 0.833. The summed E-state index contributed by atoms with van der Waals surface area (Å²) in [4.78, 5) is 20.4. The molecular weight excluding hydrogens is 227 g/mol. The van der Waals surface area contributed by atoms with Crippen molar-refractivity contribution in [3.05, 3.63) is 0 Å². The number of unbranched alkanes of at least 4 members (excludes halogenated alkanes) is 6. The highest BCUT2D eigenvalue weighted by molar-refractivity contribution is 5.71. The summed E-state index contributed by atoms with van der Waals surface area (Å²) < 4.78 is 12.6. The number of hydrogen-bond donors (Lipinski definition) is 2. The van der Waals surface area contributed by atoms with E-state index in [-0.39, 0.29) is 12.8 Å². The zero-order valence-electron chi connectivity index (χ0n) is 10.0. The average molecular weight is 248 g/mol. The molecule has 0 radical (unpaired) electrons. The molecule has 4 nitrogen and oxygen atoms in total. The fourth-order valence-corrected chi connectivity index (χ4v) is 1.61. The van der Waals surface area contributed by atoms with Gasteiger partial charge in [0.15, 0.2) is 6.17 Å². The minimum absolute atomic E-state index is 0.0916. The van der Waals surface area contributed by atoms with Gasteiger partial charge in [0.25, 0.3) is 0 Å². The zero-order chi connectivity index (χ0) is 13.1. The van der Waals surface area contributed by atoms with Gasteiger partial charge >= 0.3 is 11.9 Å². The van der Waals surface area contributed by atoms with Crippen LogP contribution in [0.5, 0.6) is 0 Å². The van der Waals surface area contributed by atoms with E-state index in [1.807, 2.05) is 0 Å². The Hall–Kier alpha value is -1.13. The molecule has 0 fully saturated rings. The van der Waals surface area contributed by atoms with Crippen LogP contribution in [0.4, 0.5) is 4.39 Å². The molecule has 0 aliphatic heterocycles. The molecule has 0 aromatic rings. The number of alkyl halides is 1. The summed E-state index contributed by atoms with van der Waals surface area (Å²) in [5.74, 6) is -2.13. The number of carbonyl (C=O) groups is 2. The topological polar surface area (TPSA) is 74.6 Å². The third-order valence-corrected chi connectivity index (χ3v) is 2.62. The summed E-state index contributed by atoms with van der Waals surface area (Å²) in [6, 6.07) is 0. The third-order valence-electron chi connectivity index (χ3n) is 2.62. The first-order valence-electron chi connectivity index (χ1n) is 6.12. The summed E-state index contributed by atoms with van der Waals surface area (Å²) in [7, 11) is 0. The Balaban J connectivity index is 3.14. The van der Waals surface area contributed by atoms with Crippen molar-refractivity contribution in [2.75, 3.05) is 0 Å². The molecule has 100 valence electrons. The van der Waals surface area contributed by atoms with Crippen LogP contribution >= 0.6 is 0 Å². The van der Waals surface area contributed by atoms with Crippen molar-refractivity contribution in [1.29, 1.82) is 0 Å². The normalized spacial score (nSPS) is 12.3. The smallest absolute Gasteiger partial charge is 0.338 e. The molecular formula is C12H21FO4. The van der Waals surface area contributed by atoms with Crippen LogP contribution in [0, 0.1) is 0 Å². The Morgan fingerprint density at radius 1 is 0.882 bits per heavy atom. The quantitative estimate of drug-likeness (QED) is 0.551. The van der Waals surface area contributed by atoms with Gasteiger partial charge < -0.3 is 10.2 Å². The molecule has 0 saturated carbocycles. The number of carboxylic acid groups (broad SMARTS) is 2. The summed E-state index contributed by atoms with van der Waals surface area (Å²) in [6.07, 6.45) is 4.60. The van der Waals surface area contributed by atoms with Crippen molar-refractivity contribution in [3.63, 3.8) is 0 Å². The van der Waals surface area contributed by atoms with Crippen LogP contribution in [0.3, 0.4) is 0 Å². The predicted molar refractivity (Wildman–Crippen MR) is 61.7 cm³/mol. The van der Waals surface area contributed by atoms with Gasteiger partial charge in [0.1, 0.15) is 0 Å². The number of carboxylic acids is 2. The fourth-order valence-electron chi connectivity index (χ4n) is 1.61. The van der Waals surface area contributed by atoms with Crippen LogP contribution in [-0.2, 0) is 9.59 Å². The van der Waals surface area contributed by atoms with Gasteiger partial charge in [0.05, 0.1) is 0 Å². The number of aliphatic carboxylic acids is 2. The Morgan fingerprint density at radius 2 is 1.35 bits per heavy atom. The van der Waals surface area contributed by atoms with Gasteiger partial charge in [-0.15, -0.1) is 0 Å². The van der Waals surface area contributed by atoms with E-state index in [1.54, 1.807) is 0 Å².